The number of carbonyl (C=O) groups excluding carboxylic acids is 1. The maximum atomic E-state index is 12.1. The van der Waals surface area contributed by atoms with Crippen molar-refractivity contribution in [1.82, 2.24) is 9.66 Å². The molecule has 7 heteroatoms. The third kappa shape index (κ3) is 4.24. The molecule has 0 aliphatic carbocycles. The lowest BCUT2D eigenvalue weighted by Gasteiger charge is -2.05. The van der Waals surface area contributed by atoms with Crippen molar-refractivity contribution in [2.45, 2.75) is 6.92 Å². The van der Waals surface area contributed by atoms with Gasteiger partial charge in [-0.15, -0.1) is 0 Å². The van der Waals surface area contributed by atoms with E-state index in [1.807, 2.05) is 13.0 Å². The molecule has 126 valence electrons. The molecule has 25 heavy (non-hydrogen) atoms. The highest BCUT2D eigenvalue weighted by atomic mass is 35.5. The zero-order valence-corrected chi connectivity index (χ0v) is 14.1. The maximum absolute atomic E-state index is 12.1. The number of aromatic nitrogens is 2. The summed E-state index contributed by atoms with van der Waals surface area (Å²) in [6.07, 6.45) is 3.33. The molecule has 0 amide bonds. The average Bonchev–Trinajstić information content (AvgIpc) is 2.91. The number of imidazole rings is 1. The molecule has 0 fully saturated rings. The standard InChI is InChI=1S/C18H15ClN4O2/c1-12-11-23(18(20)22-12)21-10-13-3-2-4-16(9-13)25-17(24)14-5-7-15(19)8-6-14/h2-11H,1H3,(H2,20,22). The molecule has 2 aromatic carbocycles. The summed E-state index contributed by atoms with van der Waals surface area (Å²) in [4.78, 5) is 16.2. The number of ether oxygens (including phenoxy) is 1. The number of benzene rings is 2. The minimum atomic E-state index is -0.458. The fourth-order valence-corrected chi connectivity index (χ4v) is 2.26. The second kappa shape index (κ2) is 7.19. The monoisotopic (exact) mass is 354 g/mol. The maximum Gasteiger partial charge on any atom is 0.343 e. The number of aryl methyl sites for hydroxylation is 1. The van der Waals surface area contributed by atoms with Crippen molar-refractivity contribution in [3.63, 3.8) is 0 Å². The van der Waals surface area contributed by atoms with Gasteiger partial charge >= 0.3 is 5.97 Å². The van der Waals surface area contributed by atoms with Crippen LogP contribution in [-0.4, -0.2) is 21.8 Å². The van der Waals surface area contributed by atoms with E-state index in [0.717, 1.165) is 11.3 Å². The number of nitrogen functional groups attached to an aromatic ring is 1. The van der Waals surface area contributed by atoms with Gasteiger partial charge in [-0.05, 0) is 48.9 Å². The Balaban J connectivity index is 1.74. The second-order valence-electron chi connectivity index (χ2n) is 5.30. The Hall–Kier alpha value is -3.12. The summed E-state index contributed by atoms with van der Waals surface area (Å²) in [5, 5.41) is 4.79. The molecule has 0 unspecified atom stereocenters. The molecular weight excluding hydrogens is 340 g/mol. The molecule has 3 aromatic rings. The Bertz CT molecular complexity index is 933. The summed E-state index contributed by atoms with van der Waals surface area (Å²) in [5.41, 5.74) is 7.69. The molecular formula is C18H15ClN4O2. The van der Waals surface area contributed by atoms with Crippen molar-refractivity contribution in [2.24, 2.45) is 5.10 Å². The smallest absolute Gasteiger partial charge is 0.343 e. The minimum absolute atomic E-state index is 0.305. The van der Waals surface area contributed by atoms with E-state index < -0.39 is 5.97 Å². The molecule has 0 saturated heterocycles. The Morgan fingerprint density at radius 1 is 1.28 bits per heavy atom. The van der Waals surface area contributed by atoms with Crippen molar-refractivity contribution >= 4 is 29.7 Å². The second-order valence-corrected chi connectivity index (χ2v) is 5.73. The van der Waals surface area contributed by atoms with Gasteiger partial charge < -0.3 is 10.5 Å². The van der Waals surface area contributed by atoms with Crippen LogP contribution in [0.2, 0.25) is 5.02 Å². The lowest BCUT2D eigenvalue weighted by Crippen LogP contribution is -2.08. The van der Waals surface area contributed by atoms with Crippen LogP contribution in [0.4, 0.5) is 5.95 Å². The fraction of sp³-hybridized carbons (Fsp3) is 0.0556. The van der Waals surface area contributed by atoms with Crippen LogP contribution >= 0.6 is 11.6 Å². The molecule has 0 spiro atoms. The van der Waals surface area contributed by atoms with Gasteiger partial charge in [-0.3, -0.25) is 0 Å². The first-order chi connectivity index (χ1) is 12.0. The Morgan fingerprint density at radius 2 is 2.04 bits per heavy atom. The quantitative estimate of drug-likeness (QED) is 0.441. The predicted molar refractivity (Wildman–Crippen MR) is 97.2 cm³/mol. The van der Waals surface area contributed by atoms with Gasteiger partial charge in [0.15, 0.2) is 0 Å². The third-order valence-corrected chi connectivity index (χ3v) is 3.57. The van der Waals surface area contributed by atoms with Gasteiger partial charge in [0.1, 0.15) is 5.75 Å². The summed E-state index contributed by atoms with van der Waals surface area (Å²) >= 11 is 5.81. The number of halogens is 1. The first-order valence-corrected chi connectivity index (χ1v) is 7.83. The lowest BCUT2D eigenvalue weighted by molar-refractivity contribution is 0.0735. The third-order valence-electron chi connectivity index (χ3n) is 3.31. The topological polar surface area (TPSA) is 82.5 Å². The van der Waals surface area contributed by atoms with E-state index in [-0.39, 0.29) is 0 Å². The Kier molecular flexibility index (Phi) is 4.81. The summed E-state index contributed by atoms with van der Waals surface area (Å²) in [5.74, 6) is 0.262. The van der Waals surface area contributed by atoms with E-state index in [4.69, 9.17) is 22.1 Å². The number of esters is 1. The van der Waals surface area contributed by atoms with Gasteiger partial charge in [0.05, 0.1) is 23.7 Å². The minimum Gasteiger partial charge on any atom is -0.423 e. The molecule has 1 aromatic heterocycles. The summed E-state index contributed by atoms with van der Waals surface area (Å²) in [7, 11) is 0. The summed E-state index contributed by atoms with van der Waals surface area (Å²) < 4.78 is 6.85. The van der Waals surface area contributed by atoms with E-state index in [0.29, 0.717) is 22.3 Å². The normalized spacial score (nSPS) is 11.0. The van der Waals surface area contributed by atoms with E-state index in [1.165, 1.54) is 4.68 Å². The highest BCUT2D eigenvalue weighted by molar-refractivity contribution is 6.30. The van der Waals surface area contributed by atoms with Gasteiger partial charge in [-0.1, -0.05) is 23.7 Å². The number of carbonyl (C=O) groups is 1. The molecule has 0 saturated carbocycles. The number of hydrogen-bond donors (Lipinski definition) is 1. The average molecular weight is 355 g/mol. The van der Waals surface area contributed by atoms with E-state index in [9.17, 15) is 4.79 Å². The van der Waals surface area contributed by atoms with Crippen LogP contribution in [0, 0.1) is 6.92 Å². The van der Waals surface area contributed by atoms with E-state index in [1.54, 1.807) is 54.9 Å². The van der Waals surface area contributed by atoms with Gasteiger partial charge in [0.2, 0.25) is 5.95 Å². The lowest BCUT2D eigenvalue weighted by atomic mass is 10.2. The number of nitrogens with zero attached hydrogens (tertiary/aromatic N) is 3. The fourth-order valence-electron chi connectivity index (χ4n) is 2.14. The first kappa shape index (κ1) is 16.7. The number of rotatable bonds is 4. The van der Waals surface area contributed by atoms with Crippen LogP contribution in [0.1, 0.15) is 21.6 Å². The van der Waals surface area contributed by atoms with Crippen molar-refractivity contribution in [3.8, 4) is 5.75 Å². The molecule has 0 radical (unpaired) electrons. The van der Waals surface area contributed by atoms with Gasteiger partial charge in [-0.25, -0.2) is 14.5 Å². The summed E-state index contributed by atoms with van der Waals surface area (Å²) in [6, 6.07) is 13.5. The highest BCUT2D eigenvalue weighted by Crippen LogP contribution is 2.16. The number of hydrogen-bond acceptors (Lipinski definition) is 5. The van der Waals surface area contributed by atoms with Crippen molar-refractivity contribution < 1.29 is 9.53 Å². The molecule has 1 heterocycles. The first-order valence-electron chi connectivity index (χ1n) is 7.45. The zero-order chi connectivity index (χ0) is 17.8. The van der Waals surface area contributed by atoms with Crippen molar-refractivity contribution in [1.29, 1.82) is 0 Å². The van der Waals surface area contributed by atoms with E-state index in [2.05, 4.69) is 10.1 Å². The van der Waals surface area contributed by atoms with Gasteiger partial charge in [0, 0.05) is 5.02 Å². The van der Waals surface area contributed by atoms with E-state index >= 15 is 0 Å². The molecule has 0 aliphatic rings. The molecule has 2 N–H and O–H groups in total. The molecule has 0 bridgehead atoms. The van der Waals surface area contributed by atoms with Crippen LogP contribution in [-0.2, 0) is 0 Å². The van der Waals surface area contributed by atoms with Crippen LogP contribution in [0.25, 0.3) is 0 Å². The number of anilines is 1. The largest absolute Gasteiger partial charge is 0.423 e. The van der Waals surface area contributed by atoms with Crippen molar-refractivity contribution in [2.75, 3.05) is 5.73 Å². The highest BCUT2D eigenvalue weighted by Gasteiger charge is 2.08. The molecule has 6 nitrogen and oxygen atoms in total. The predicted octanol–water partition coefficient (Wildman–Crippen LogP) is 3.53. The van der Waals surface area contributed by atoms with Gasteiger partial charge in [-0.2, -0.15) is 5.10 Å². The van der Waals surface area contributed by atoms with Crippen LogP contribution in [0.3, 0.4) is 0 Å². The SMILES string of the molecule is Cc1cn(N=Cc2cccc(OC(=O)c3ccc(Cl)cc3)c2)c(N)n1. The zero-order valence-electron chi connectivity index (χ0n) is 13.4. The van der Waals surface area contributed by atoms with Crippen molar-refractivity contribution in [3.05, 3.63) is 76.6 Å². The summed E-state index contributed by atoms with van der Waals surface area (Å²) in [6.45, 7) is 1.83. The number of nitrogens with two attached hydrogens (primary N) is 1. The van der Waals surface area contributed by atoms with Gasteiger partial charge in [0.25, 0.3) is 0 Å². The molecule has 0 atom stereocenters. The van der Waals surface area contributed by atoms with Crippen LogP contribution < -0.4 is 10.5 Å². The molecule has 3 rings (SSSR count). The Morgan fingerprint density at radius 3 is 2.72 bits per heavy atom. The molecule has 0 aliphatic heterocycles. The Labute approximate surface area is 149 Å². The van der Waals surface area contributed by atoms with Crippen LogP contribution in [0.5, 0.6) is 5.75 Å². The van der Waals surface area contributed by atoms with Crippen LogP contribution in [0.15, 0.2) is 59.8 Å².